The highest BCUT2D eigenvalue weighted by atomic mass is 32.2. The van der Waals surface area contributed by atoms with Crippen molar-refractivity contribution >= 4 is 51.9 Å². The van der Waals surface area contributed by atoms with Gasteiger partial charge in [0, 0.05) is 34.5 Å². The number of carboxylic acid groups (broad SMARTS) is 1. The molecule has 1 unspecified atom stereocenters. The second-order valence-corrected chi connectivity index (χ2v) is 9.36. The number of nitrogens with zero attached hydrogens (tertiary/aromatic N) is 5. The Hall–Kier alpha value is -3.56. The number of rotatable bonds is 9. The molecule has 2 aromatic rings. The number of nitrogen functional groups attached to an aromatic ring is 1. The van der Waals surface area contributed by atoms with Crippen LogP contribution in [-0.4, -0.2) is 71.7 Å². The van der Waals surface area contributed by atoms with Gasteiger partial charge in [-0.05, 0) is 13.0 Å². The molecule has 1 fully saturated rings. The number of aliphatic carboxylic acids is 1. The molecule has 4 heterocycles. The predicted molar refractivity (Wildman–Crippen MR) is 125 cm³/mol. The van der Waals surface area contributed by atoms with Gasteiger partial charge in [0.1, 0.15) is 23.7 Å². The van der Waals surface area contributed by atoms with Gasteiger partial charge in [-0.25, -0.2) is 9.36 Å². The van der Waals surface area contributed by atoms with E-state index < -0.39 is 29.2 Å². The van der Waals surface area contributed by atoms with Gasteiger partial charge in [-0.2, -0.15) is 9.36 Å². The fourth-order valence-electron chi connectivity index (χ4n) is 3.65. The van der Waals surface area contributed by atoms with E-state index in [2.05, 4.69) is 19.8 Å². The molecule has 5 N–H and O–H groups in total. The number of oxime groups is 1. The average Bonchev–Trinajstić information content (AvgIpc) is 3.28. The molecule has 184 valence electrons. The normalized spacial score (nSPS) is 19.8. The van der Waals surface area contributed by atoms with Crippen LogP contribution in [0.15, 0.2) is 41.0 Å². The molecule has 0 saturated carbocycles. The number of carbonyl (C=O) groups excluding carboxylic acids is 2. The number of aromatic nitrogens is 3. The second kappa shape index (κ2) is 10.4. The maximum absolute atomic E-state index is 13.0. The summed E-state index contributed by atoms with van der Waals surface area (Å²) in [6.45, 7) is 1.97. The smallest absolute Gasteiger partial charge is 0.352 e. The summed E-state index contributed by atoms with van der Waals surface area (Å²) in [4.78, 5) is 48.1. The zero-order chi connectivity index (χ0) is 25.1. The molecule has 4 rings (SSSR count). The number of nitrogens with two attached hydrogens (primary N) is 1. The van der Waals surface area contributed by atoms with Crippen molar-refractivity contribution in [2.45, 2.75) is 31.5 Å². The highest BCUT2D eigenvalue weighted by Gasteiger charge is 2.54. The third kappa shape index (κ3) is 4.96. The molecule has 1 saturated heterocycles. The van der Waals surface area contributed by atoms with Gasteiger partial charge in [-0.3, -0.25) is 14.5 Å². The lowest BCUT2D eigenvalue weighted by molar-refractivity contribution is -0.689. The van der Waals surface area contributed by atoms with E-state index in [-0.39, 0.29) is 42.1 Å². The van der Waals surface area contributed by atoms with Crippen LogP contribution in [-0.2, 0) is 32.4 Å². The fraction of sp³-hybridized carbons (Fsp3) is 0.350. The Morgan fingerprint density at radius 2 is 2.26 bits per heavy atom. The van der Waals surface area contributed by atoms with Crippen molar-refractivity contribution in [1.82, 2.24) is 19.6 Å². The molecule has 0 spiro atoms. The quantitative estimate of drug-likeness (QED) is 0.139. The van der Waals surface area contributed by atoms with Gasteiger partial charge >= 0.3 is 5.97 Å². The summed E-state index contributed by atoms with van der Waals surface area (Å²) in [5, 5.41) is 25.1. The third-order valence-corrected chi connectivity index (χ3v) is 7.05. The van der Waals surface area contributed by atoms with Crippen molar-refractivity contribution in [3.63, 3.8) is 0 Å². The van der Waals surface area contributed by atoms with Crippen LogP contribution in [0.3, 0.4) is 0 Å². The lowest BCUT2D eigenvalue weighted by atomic mass is 10.0. The van der Waals surface area contributed by atoms with Gasteiger partial charge in [0.15, 0.2) is 24.1 Å². The summed E-state index contributed by atoms with van der Waals surface area (Å²) < 4.78 is 5.72. The molecular formula is C20H22N7O6S2+. The molecule has 35 heavy (non-hydrogen) atoms. The van der Waals surface area contributed by atoms with E-state index >= 15 is 0 Å². The lowest BCUT2D eigenvalue weighted by Gasteiger charge is -2.49. The second-order valence-electron chi connectivity index (χ2n) is 7.47. The summed E-state index contributed by atoms with van der Waals surface area (Å²) in [5.41, 5.74) is 6.47. The first kappa shape index (κ1) is 24.6. The zero-order valence-corrected chi connectivity index (χ0v) is 20.1. The maximum Gasteiger partial charge on any atom is 0.352 e. The van der Waals surface area contributed by atoms with Crippen LogP contribution in [0.2, 0.25) is 0 Å². The molecule has 2 aromatic heterocycles. The zero-order valence-electron chi connectivity index (χ0n) is 18.4. The lowest BCUT2D eigenvalue weighted by Crippen LogP contribution is -2.71. The summed E-state index contributed by atoms with van der Waals surface area (Å²) in [6, 6.07) is 2.54. The molecule has 2 atom stereocenters. The van der Waals surface area contributed by atoms with E-state index in [9.17, 15) is 24.6 Å². The molecule has 2 aliphatic rings. The SMILES string of the molecule is CCON=C(C(=O)NC1C(=O)N2C(C(=O)O)=C(C[n+]3cccc(CO)c3)CS[C@@H]12)c1nsc(N)n1. The van der Waals surface area contributed by atoms with Crippen LogP contribution in [0, 0.1) is 0 Å². The number of aliphatic hydroxyl groups excluding tert-OH is 1. The van der Waals surface area contributed by atoms with Crippen molar-refractivity contribution in [3.8, 4) is 0 Å². The number of aliphatic hydroxyl groups is 1. The van der Waals surface area contributed by atoms with E-state index in [0.717, 1.165) is 11.5 Å². The minimum Gasteiger partial charge on any atom is -0.477 e. The summed E-state index contributed by atoms with van der Waals surface area (Å²) in [7, 11) is 0. The number of fused-ring (bicyclic) bond motifs is 1. The van der Waals surface area contributed by atoms with Gasteiger partial charge in [-0.1, -0.05) is 5.16 Å². The van der Waals surface area contributed by atoms with Crippen molar-refractivity contribution in [2.24, 2.45) is 5.16 Å². The molecule has 2 aliphatic heterocycles. The van der Waals surface area contributed by atoms with Gasteiger partial charge in [-0.15, -0.1) is 11.8 Å². The molecule has 2 amide bonds. The van der Waals surface area contributed by atoms with Crippen LogP contribution < -0.4 is 15.6 Å². The molecule has 0 aromatic carbocycles. The van der Waals surface area contributed by atoms with E-state index in [1.54, 1.807) is 36.0 Å². The number of β-lactam (4-membered cyclic amide) rings is 1. The summed E-state index contributed by atoms with van der Waals surface area (Å²) >= 11 is 2.22. The summed E-state index contributed by atoms with van der Waals surface area (Å²) in [5.74, 6) is -2.22. The minimum atomic E-state index is -1.23. The fourth-order valence-corrected chi connectivity index (χ4v) is 5.42. The Balaban J connectivity index is 1.53. The molecule has 15 heteroatoms. The Morgan fingerprint density at radius 1 is 1.46 bits per heavy atom. The Kier molecular flexibility index (Phi) is 7.28. The standard InChI is InChI=1S/C20H21N7O6S2/c1-2-33-24-12(15-23-20(21)35-25-15)16(29)22-13-17(30)27-14(19(31)32)11(9-34-18(13)27)7-26-5-3-4-10(6-26)8-28/h3-6,13,18,28H,2,7-9H2,1H3,(H3-,21,22,23,25,29,31,32)/p+1/t13?,18-/m0/s1. The van der Waals surface area contributed by atoms with Gasteiger partial charge in [0.2, 0.25) is 11.5 Å². The molecular weight excluding hydrogens is 498 g/mol. The first-order valence-corrected chi connectivity index (χ1v) is 12.3. The number of hydrogen-bond acceptors (Lipinski definition) is 11. The Labute approximate surface area is 207 Å². The summed E-state index contributed by atoms with van der Waals surface area (Å²) in [6.07, 6.45) is 3.46. The van der Waals surface area contributed by atoms with Crippen molar-refractivity contribution in [1.29, 1.82) is 0 Å². The van der Waals surface area contributed by atoms with E-state index in [1.165, 1.54) is 16.7 Å². The monoisotopic (exact) mass is 520 g/mol. The number of pyridine rings is 1. The van der Waals surface area contributed by atoms with Crippen molar-refractivity contribution in [3.05, 3.63) is 47.2 Å². The van der Waals surface area contributed by atoms with E-state index in [0.29, 0.717) is 16.9 Å². The Bertz CT molecular complexity index is 1230. The van der Waals surface area contributed by atoms with Crippen molar-refractivity contribution < 1.29 is 34.0 Å². The third-order valence-electron chi connectivity index (χ3n) is 5.17. The maximum atomic E-state index is 13.0. The molecule has 13 nitrogen and oxygen atoms in total. The van der Waals surface area contributed by atoms with Crippen molar-refractivity contribution in [2.75, 3.05) is 18.1 Å². The largest absolute Gasteiger partial charge is 0.477 e. The number of nitrogens with one attached hydrogen (secondary N) is 1. The number of anilines is 1. The average molecular weight is 521 g/mol. The molecule has 0 radical (unpaired) electrons. The topological polar surface area (TPSA) is 184 Å². The van der Waals surface area contributed by atoms with E-state index in [1.807, 2.05) is 0 Å². The van der Waals surface area contributed by atoms with E-state index in [4.69, 9.17) is 10.6 Å². The number of hydrogen-bond donors (Lipinski definition) is 4. The highest BCUT2D eigenvalue weighted by molar-refractivity contribution is 8.00. The number of carbonyl (C=O) groups is 3. The van der Waals surface area contributed by atoms with Crippen LogP contribution in [0.25, 0.3) is 0 Å². The number of thioether (sulfide) groups is 1. The first-order valence-electron chi connectivity index (χ1n) is 10.4. The van der Waals surface area contributed by atoms with Crippen LogP contribution >= 0.6 is 23.3 Å². The Morgan fingerprint density at radius 3 is 2.91 bits per heavy atom. The molecule has 0 bridgehead atoms. The van der Waals surface area contributed by atoms with Gasteiger partial charge in [0.05, 0.1) is 6.61 Å². The predicted octanol–water partition coefficient (Wildman–Crippen LogP) is -0.920. The molecule has 0 aliphatic carbocycles. The number of carboxylic acids is 1. The van der Waals surface area contributed by atoms with Gasteiger partial charge in [0.25, 0.3) is 11.8 Å². The highest BCUT2D eigenvalue weighted by Crippen LogP contribution is 2.40. The van der Waals surface area contributed by atoms with Gasteiger partial charge < -0.3 is 26.1 Å². The number of amides is 2. The minimum absolute atomic E-state index is 0.0334. The first-order chi connectivity index (χ1) is 16.8. The van der Waals surface area contributed by atoms with Crippen LogP contribution in [0.4, 0.5) is 5.13 Å². The van der Waals surface area contributed by atoms with Crippen LogP contribution in [0.5, 0.6) is 0 Å². The van der Waals surface area contributed by atoms with Crippen LogP contribution in [0.1, 0.15) is 18.3 Å².